The summed E-state index contributed by atoms with van der Waals surface area (Å²) in [5, 5.41) is 14.2. The molecule has 0 radical (unpaired) electrons. The maximum atomic E-state index is 12.5. The highest BCUT2D eigenvalue weighted by Crippen LogP contribution is 2.30. The zero-order valence-electron chi connectivity index (χ0n) is 16.3. The van der Waals surface area contributed by atoms with Crippen molar-refractivity contribution in [3.63, 3.8) is 0 Å². The van der Waals surface area contributed by atoms with Gasteiger partial charge in [0.05, 0.1) is 28.2 Å². The molecule has 0 bridgehead atoms. The van der Waals surface area contributed by atoms with Crippen molar-refractivity contribution in [2.24, 2.45) is 0 Å². The van der Waals surface area contributed by atoms with Crippen LogP contribution in [0.3, 0.4) is 0 Å². The van der Waals surface area contributed by atoms with Crippen LogP contribution in [0.2, 0.25) is 0 Å². The number of ketones is 1. The summed E-state index contributed by atoms with van der Waals surface area (Å²) < 4.78 is 1.64. The number of aryl methyl sites for hydroxylation is 2. The van der Waals surface area contributed by atoms with Gasteiger partial charge in [-0.1, -0.05) is 48.0 Å². The summed E-state index contributed by atoms with van der Waals surface area (Å²) in [4.78, 5) is 28.8. The third kappa shape index (κ3) is 3.18. The largest absolute Gasteiger partial charge is 0.478 e. The van der Waals surface area contributed by atoms with Gasteiger partial charge in [-0.15, -0.1) is 0 Å². The van der Waals surface area contributed by atoms with Gasteiger partial charge < -0.3 is 5.11 Å². The molecule has 0 spiro atoms. The molecule has 4 rings (SSSR count). The van der Waals surface area contributed by atoms with Crippen LogP contribution in [-0.4, -0.2) is 31.5 Å². The molecule has 144 valence electrons. The van der Waals surface area contributed by atoms with E-state index in [1.165, 1.54) is 13.0 Å². The highest BCUT2D eigenvalue weighted by Gasteiger charge is 2.22. The number of carboxylic acid groups (broad SMARTS) is 1. The summed E-state index contributed by atoms with van der Waals surface area (Å²) in [5.41, 5.74) is 5.24. The molecule has 0 unspecified atom stereocenters. The Labute approximate surface area is 167 Å². The second-order valence-corrected chi connectivity index (χ2v) is 6.99. The Morgan fingerprint density at radius 2 is 1.69 bits per heavy atom. The van der Waals surface area contributed by atoms with Crippen LogP contribution in [0.25, 0.3) is 28.2 Å². The van der Waals surface area contributed by atoms with Crippen LogP contribution in [0.4, 0.5) is 0 Å². The van der Waals surface area contributed by atoms with E-state index >= 15 is 0 Å². The molecule has 0 aliphatic carbocycles. The first kappa shape index (κ1) is 18.6. The van der Waals surface area contributed by atoms with Gasteiger partial charge in [-0.3, -0.25) is 4.79 Å². The van der Waals surface area contributed by atoms with Crippen LogP contribution >= 0.6 is 0 Å². The van der Waals surface area contributed by atoms with Gasteiger partial charge in [0.1, 0.15) is 0 Å². The molecule has 2 heterocycles. The Morgan fingerprint density at radius 1 is 1.00 bits per heavy atom. The second kappa shape index (κ2) is 6.98. The Morgan fingerprint density at radius 3 is 2.34 bits per heavy atom. The number of nitrogens with zero attached hydrogens (tertiary/aromatic N) is 3. The number of rotatable bonds is 4. The first-order valence-electron chi connectivity index (χ1n) is 9.18. The fraction of sp³-hybridized carbons (Fsp3) is 0.130. The predicted molar refractivity (Wildman–Crippen MR) is 110 cm³/mol. The zero-order valence-corrected chi connectivity index (χ0v) is 16.3. The van der Waals surface area contributed by atoms with Crippen molar-refractivity contribution in [2.45, 2.75) is 20.8 Å². The Hall–Kier alpha value is -3.80. The van der Waals surface area contributed by atoms with E-state index < -0.39 is 5.97 Å². The molecule has 29 heavy (non-hydrogen) atoms. The molecule has 0 aliphatic heterocycles. The maximum absolute atomic E-state index is 12.5. The van der Waals surface area contributed by atoms with E-state index in [0.29, 0.717) is 28.2 Å². The summed E-state index contributed by atoms with van der Waals surface area (Å²) in [6.07, 6.45) is 0. The van der Waals surface area contributed by atoms with E-state index in [1.54, 1.807) is 29.6 Å². The minimum absolute atomic E-state index is 0.101. The number of fused-ring (bicyclic) bond motifs is 1. The van der Waals surface area contributed by atoms with Crippen molar-refractivity contribution in [3.05, 3.63) is 77.0 Å². The van der Waals surface area contributed by atoms with Crippen LogP contribution < -0.4 is 0 Å². The average molecular weight is 385 g/mol. The average Bonchev–Trinajstić information content (AvgIpc) is 3.12. The first-order chi connectivity index (χ1) is 13.9. The fourth-order valence-corrected chi connectivity index (χ4v) is 3.50. The summed E-state index contributed by atoms with van der Waals surface area (Å²) in [5.74, 6) is -1.26. The normalized spacial score (nSPS) is 11.0. The first-order valence-corrected chi connectivity index (χ1v) is 9.18. The summed E-state index contributed by atoms with van der Waals surface area (Å²) >= 11 is 0. The molecule has 2 aromatic carbocycles. The maximum Gasteiger partial charge on any atom is 0.336 e. The second-order valence-electron chi connectivity index (χ2n) is 6.99. The van der Waals surface area contributed by atoms with Gasteiger partial charge in [0.15, 0.2) is 11.4 Å². The van der Waals surface area contributed by atoms with Gasteiger partial charge in [0, 0.05) is 17.2 Å². The van der Waals surface area contributed by atoms with Crippen molar-refractivity contribution in [3.8, 4) is 22.5 Å². The van der Waals surface area contributed by atoms with Crippen molar-refractivity contribution in [1.29, 1.82) is 0 Å². The highest BCUT2D eigenvalue weighted by atomic mass is 16.4. The van der Waals surface area contributed by atoms with Gasteiger partial charge in [0.25, 0.3) is 0 Å². The minimum atomic E-state index is -1.07. The standard InChI is InChI=1S/C23H19N3O3/c1-13-8-10-16(11-9-13)19-12-20-24-22(17-6-4-5-7-18(17)23(28)29)21(15(3)27)14(2)26(20)25-19/h4-12H,1-3H3,(H,28,29). The molecule has 0 fully saturated rings. The van der Waals surface area contributed by atoms with Crippen molar-refractivity contribution in [2.75, 3.05) is 0 Å². The number of benzene rings is 2. The Kier molecular flexibility index (Phi) is 4.47. The molecule has 0 aliphatic rings. The molecule has 0 atom stereocenters. The third-order valence-corrected chi connectivity index (χ3v) is 4.95. The molecule has 0 saturated heterocycles. The SMILES string of the molecule is CC(=O)c1c(-c2ccccc2C(=O)O)nc2cc(-c3ccc(C)cc3)nn2c1C. The smallest absolute Gasteiger partial charge is 0.336 e. The number of carbonyl (C=O) groups excluding carboxylic acids is 1. The van der Waals surface area contributed by atoms with Crippen molar-refractivity contribution in [1.82, 2.24) is 14.6 Å². The van der Waals surface area contributed by atoms with Gasteiger partial charge in [0.2, 0.25) is 0 Å². The summed E-state index contributed by atoms with van der Waals surface area (Å²) in [7, 11) is 0. The van der Waals surface area contributed by atoms with Gasteiger partial charge in [-0.2, -0.15) is 5.10 Å². The van der Waals surface area contributed by atoms with E-state index in [9.17, 15) is 14.7 Å². The van der Waals surface area contributed by atoms with E-state index in [2.05, 4.69) is 10.1 Å². The predicted octanol–water partition coefficient (Wildman–Crippen LogP) is 4.58. The fourth-order valence-electron chi connectivity index (χ4n) is 3.50. The molecule has 6 nitrogen and oxygen atoms in total. The summed E-state index contributed by atoms with van der Waals surface area (Å²) in [6.45, 7) is 5.27. The number of Topliss-reactive ketones (excluding diaryl/α,β-unsaturated/α-hetero) is 1. The molecular weight excluding hydrogens is 366 g/mol. The molecule has 4 aromatic rings. The topological polar surface area (TPSA) is 84.6 Å². The molecule has 2 aromatic heterocycles. The monoisotopic (exact) mass is 385 g/mol. The number of aromatic nitrogens is 3. The van der Waals surface area contributed by atoms with Crippen molar-refractivity contribution >= 4 is 17.4 Å². The molecular formula is C23H19N3O3. The van der Waals surface area contributed by atoms with Crippen LogP contribution in [0, 0.1) is 13.8 Å². The lowest BCUT2D eigenvalue weighted by atomic mass is 9.97. The van der Waals surface area contributed by atoms with Gasteiger partial charge >= 0.3 is 5.97 Å². The summed E-state index contributed by atoms with van der Waals surface area (Å²) in [6, 6.07) is 16.4. The molecule has 0 saturated carbocycles. The van der Waals surface area contributed by atoms with Crippen LogP contribution in [-0.2, 0) is 0 Å². The van der Waals surface area contributed by atoms with E-state index in [0.717, 1.165) is 16.8 Å². The lowest BCUT2D eigenvalue weighted by Crippen LogP contribution is -2.10. The zero-order chi connectivity index (χ0) is 20.7. The third-order valence-electron chi connectivity index (χ3n) is 4.95. The molecule has 6 heteroatoms. The Balaban J connectivity index is 2.01. The number of carbonyl (C=O) groups is 2. The quantitative estimate of drug-likeness (QED) is 0.520. The van der Waals surface area contributed by atoms with E-state index in [4.69, 9.17) is 0 Å². The highest BCUT2D eigenvalue weighted by molar-refractivity contribution is 6.04. The van der Waals surface area contributed by atoms with Crippen LogP contribution in [0.15, 0.2) is 54.6 Å². The van der Waals surface area contributed by atoms with Gasteiger partial charge in [-0.25, -0.2) is 14.3 Å². The van der Waals surface area contributed by atoms with E-state index in [-0.39, 0.29) is 11.3 Å². The van der Waals surface area contributed by atoms with E-state index in [1.807, 2.05) is 37.3 Å². The van der Waals surface area contributed by atoms with Crippen LogP contribution in [0.1, 0.15) is 38.9 Å². The number of hydrogen-bond acceptors (Lipinski definition) is 4. The molecule has 0 amide bonds. The lowest BCUT2D eigenvalue weighted by Gasteiger charge is -2.13. The Bertz CT molecular complexity index is 1270. The van der Waals surface area contributed by atoms with Crippen molar-refractivity contribution < 1.29 is 14.7 Å². The van der Waals surface area contributed by atoms with Gasteiger partial charge in [-0.05, 0) is 26.8 Å². The lowest BCUT2D eigenvalue weighted by molar-refractivity contribution is 0.0697. The number of hydrogen-bond donors (Lipinski definition) is 1. The minimum Gasteiger partial charge on any atom is -0.478 e. The number of carboxylic acids is 1. The number of aromatic carboxylic acids is 1. The van der Waals surface area contributed by atoms with Crippen LogP contribution in [0.5, 0.6) is 0 Å². The molecule has 1 N–H and O–H groups in total.